The highest BCUT2D eigenvalue weighted by atomic mass is 16.3. The first-order valence-electron chi connectivity index (χ1n) is 11.2. The third-order valence-electron chi connectivity index (χ3n) is 6.11. The second kappa shape index (κ2) is 10.8. The molecule has 0 radical (unpaired) electrons. The molecule has 0 saturated carbocycles. The van der Waals surface area contributed by atoms with Crippen molar-refractivity contribution in [3.63, 3.8) is 0 Å². The zero-order valence-corrected chi connectivity index (χ0v) is 18.7. The SMILES string of the molecule is N#C[C@@H]1CCN(Cc2ccc(C#Cc3ccc(C(CO)Cc4nc[nH]c(=O)c4O)cc3)cc2)C1. The maximum Gasteiger partial charge on any atom is 0.293 e. The minimum absolute atomic E-state index is 0.139. The van der Waals surface area contributed by atoms with E-state index in [1.807, 2.05) is 36.4 Å². The van der Waals surface area contributed by atoms with Crippen LogP contribution >= 0.6 is 0 Å². The molecule has 1 aromatic heterocycles. The molecule has 1 unspecified atom stereocenters. The summed E-state index contributed by atoms with van der Waals surface area (Å²) < 4.78 is 0. The molecule has 2 atom stereocenters. The lowest BCUT2D eigenvalue weighted by Crippen LogP contribution is -2.19. The van der Waals surface area contributed by atoms with Gasteiger partial charge in [-0.25, -0.2) is 4.98 Å². The van der Waals surface area contributed by atoms with Gasteiger partial charge in [0, 0.05) is 36.6 Å². The van der Waals surface area contributed by atoms with E-state index in [0.717, 1.165) is 42.7 Å². The van der Waals surface area contributed by atoms with Crippen LogP contribution in [0.15, 0.2) is 59.7 Å². The van der Waals surface area contributed by atoms with Crippen LogP contribution < -0.4 is 5.56 Å². The van der Waals surface area contributed by atoms with E-state index in [-0.39, 0.29) is 30.6 Å². The maximum atomic E-state index is 11.6. The summed E-state index contributed by atoms with van der Waals surface area (Å²) in [6.45, 7) is 2.52. The van der Waals surface area contributed by atoms with E-state index < -0.39 is 11.3 Å². The number of aromatic hydroxyl groups is 1. The van der Waals surface area contributed by atoms with Crippen LogP contribution in [0.4, 0.5) is 0 Å². The molecular weight excluding hydrogens is 428 g/mol. The fourth-order valence-electron chi connectivity index (χ4n) is 4.12. The van der Waals surface area contributed by atoms with E-state index in [2.05, 4.69) is 44.9 Å². The monoisotopic (exact) mass is 454 g/mol. The first-order valence-corrected chi connectivity index (χ1v) is 11.2. The quantitative estimate of drug-likeness (QED) is 0.494. The summed E-state index contributed by atoms with van der Waals surface area (Å²) in [5, 5.41) is 28.8. The number of aliphatic hydroxyl groups excluding tert-OH is 1. The Morgan fingerprint density at radius 1 is 1.12 bits per heavy atom. The molecule has 1 saturated heterocycles. The van der Waals surface area contributed by atoms with Crippen LogP contribution in [0, 0.1) is 29.1 Å². The van der Waals surface area contributed by atoms with E-state index in [1.165, 1.54) is 11.9 Å². The van der Waals surface area contributed by atoms with Crippen molar-refractivity contribution in [1.29, 1.82) is 5.26 Å². The summed E-state index contributed by atoms with van der Waals surface area (Å²) in [6.07, 6.45) is 2.44. The van der Waals surface area contributed by atoms with Crippen molar-refractivity contribution in [1.82, 2.24) is 14.9 Å². The van der Waals surface area contributed by atoms with Gasteiger partial charge in [-0.15, -0.1) is 0 Å². The van der Waals surface area contributed by atoms with Crippen LogP contribution in [-0.2, 0) is 13.0 Å². The van der Waals surface area contributed by atoms with Gasteiger partial charge < -0.3 is 15.2 Å². The summed E-state index contributed by atoms with van der Waals surface area (Å²) in [5.74, 6) is 5.77. The normalized spacial score (nSPS) is 16.4. The van der Waals surface area contributed by atoms with Gasteiger partial charge in [-0.1, -0.05) is 36.1 Å². The van der Waals surface area contributed by atoms with Gasteiger partial charge >= 0.3 is 0 Å². The number of nitriles is 1. The third kappa shape index (κ3) is 5.71. The second-order valence-corrected chi connectivity index (χ2v) is 8.53. The molecule has 172 valence electrons. The molecule has 2 aromatic carbocycles. The van der Waals surface area contributed by atoms with E-state index >= 15 is 0 Å². The highest BCUT2D eigenvalue weighted by Gasteiger charge is 2.21. The van der Waals surface area contributed by atoms with Crippen molar-refractivity contribution in [3.8, 4) is 23.7 Å². The molecule has 1 fully saturated rings. The summed E-state index contributed by atoms with van der Waals surface area (Å²) in [7, 11) is 0. The molecule has 0 amide bonds. The number of H-pyrrole nitrogens is 1. The number of aromatic amines is 1. The van der Waals surface area contributed by atoms with E-state index in [0.29, 0.717) is 0 Å². The molecule has 0 aliphatic carbocycles. The Kier molecular flexibility index (Phi) is 7.39. The molecule has 34 heavy (non-hydrogen) atoms. The van der Waals surface area contributed by atoms with Gasteiger partial charge in [0.1, 0.15) is 0 Å². The zero-order valence-electron chi connectivity index (χ0n) is 18.7. The molecule has 7 heteroatoms. The summed E-state index contributed by atoms with van der Waals surface area (Å²) in [6, 6.07) is 18.1. The third-order valence-corrected chi connectivity index (χ3v) is 6.11. The van der Waals surface area contributed by atoms with Gasteiger partial charge in [-0.2, -0.15) is 5.26 Å². The fourth-order valence-corrected chi connectivity index (χ4v) is 4.12. The molecule has 2 heterocycles. The van der Waals surface area contributed by atoms with Crippen molar-refractivity contribution in [2.24, 2.45) is 5.92 Å². The minimum atomic E-state index is -0.593. The predicted octanol–water partition coefficient (Wildman–Crippen LogP) is 2.54. The van der Waals surface area contributed by atoms with Crippen molar-refractivity contribution >= 4 is 0 Å². The van der Waals surface area contributed by atoms with Gasteiger partial charge in [-0.05, 0) is 48.4 Å². The van der Waals surface area contributed by atoms with E-state index in [4.69, 9.17) is 5.26 Å². The standard InChI is InChI=1S/C27H26N4O3/c28-14-22-11-12-31(16-22)15-21-5-3-19(4-6-21)1-2-20-7-9-23(10-8-20)24(17-32)13-25-26(33)27(34)30-18-29-25/h3-10,18,22,24,32-33H,11-13,15-17H2,(H,29,30,34)/t22-,24?/m0/s1. The first kappa shape index (κ1) is 23.3. The van der Waals surface area contributed by atoms with Crippen LogP contribution in [0.25, 0.3) is 0 Å². The number of aromatic nitrogens is 2. The Balaban J connectivity index is 1.38. The van der Waals surface area contributed by atoms with Crippen molar-refractivity contribution < 1.29 is 10.2 Å². The molecular formula is C27H26N4O3. The van der Waals surface area contributed by atoms with Gasteiger partial charge in [0.2, 0.25) is 5.75 Å². The highest BCUT2D eigenvalue weighted by molar-refractivity contribution is 5.44. The van der Waals surface area contributed by atoms with Crippen LogP contribution in [0.1, 0.15) is 40.3 Å². The number of hydrogen-bond donors (Lipinski definition) is 3. The lowest BCUT2D eigenvalue weighted by molar-refractivity contribution is 0.263. The molecule has 3 aromatic rings. The van der Waals surface area contributed by atoms with E-state index in [1.54, 1.807) is 0 Å². The van der Waals surface area contributed by atoms with Crippen LogP contribution in [0.3, 0.4) is 0 Å². The average molecular weight is 455 g/mol. The Morgan fingerprint density at radius 2 is 1.79 bits per heavy atom. The van der Waals surface area contributed by atoms with Crippen molar-refractivity contribution in [3.05, 3.63) is 93.2 Å². The number of aliphatic hydroxyl groups is 1. The summed E-state index contributed by atoms with van der Waals surface area (Å²) in [5.41, 5.74) is 3.52. The van der Waals surface area contributed by atoms with Gasteiger partial charge in [0.05, 0.1) is 30.6 Å². The number of hydrogen-bond acceptors (Lipinski definition) is 6. The Labute approximate surface area is 198 Å². The number of likely N-dealkylation sites (tertiary alicyclic amines) is 1. The number of rotatable bonds is 6. The van der Waals surface area contributed by atoms with E-state index in [9.17, 15) is 15.0 Å². The first-order chi connectivity index (χ1) is 16.6. The smallest absolute Gasteiger partial charge is 0.293 e. The Morgan fingerprint density at radius 3 is 2.41 bits per heavy atom. The van der Waals surface area contributed by atoms with Crippen LogP contribution in [-0.4, -0.2) is 44.8 Å². The number of benzene rings is 2. The van der Waals surface area contributed by atoms with Gasteiger partial charge in [0.15, 0.2) is 0 Å². The molecule has 0 spiro atoms. The topological polar surface area (TPSA) is 113 Å². The molecule has 1 aliphatic heterocycles. The number of nitrogens with one attached hydrogen (secondary N) is 1. The number of nitrogens with zero attached hydrogens (tertiary/aromatic N) is 3. The van der Waals surface area contributed by atoms with Crippen LogP contribution in [0.5, 0.6) is 5.75 Å². The van der Waals surface area contributed by atoms with Gasteiger partial charge in [-0.3, -0.25) is 9.69 Å². The lowest BCUT2D eigenvalue weighted by Gasteiger charge is -2.14. The minimum Gasteiger partial charge on any atom is -0.502 e. The Hall–Kier alpha value is -3.91. The van der Waals surface area contributed by atoms with Crippen molar-refractivity contribution in [2.75, 3.05) is 19.7 Å². The molecule has 0 bridgehead atoms. The maximum absolute atomic E-state index is 11.6. The Bertz CT molecular complexity index is 1280. The predicted molar refractivity (Wildman–Crippen MR) is 128 cm³/mol. The summed E-state index contributed by atoms with van der Waals surface area (Å²) in [4.78, 5) is 20.2. The van der Waals surface area contributed by atoms with Gasteiger partial charge in [0.25, 0.3) is 5.56 Å². The fraction of sp³-hybridized carbons (Fsp3) is 0.296. The molecule has 4 rings (SSSR count). The zero-order chi connectivity index (χ0) is 23.9. The molecule has 7 nitrogen and oxygen atoms in total. The average Bonchev–Trinajstić information content (AvgIpc) is 3.32. The largest absolute Gasteiger partial charge is 0.502 e. The second-order valence-electron chi connectivity index (χ2n) is 8.53. The van der Waals surface area contributed by atoms with Crippen LogP contribution in [0.2, 0.25) is 0 Å². The molecule has 1 aliphatic rings. The van der Waals surface area contributed by atoms with Crippen molar-refractivity contribution in [2.45, 2.75) is 25.3 Å². The molecule has 3 N–H and O–H groups in total. The lowest BCUT2D eigenvalue weighted by atomic mass is 9.94. The summed E-state index contributed by atoms with van der Waals surface area (Å²) >= 11 is 0. The highest BCUT2D eigenvalue weighted by Crippen LogP contribution is 2.23.